The number of aromatic nitrogens is 2. The number of carbonyl (C=O) groups is 2. The maximum Gasteiger partial charge on any atom is 0.272 e. The van der Waals surface area contributed by atoms with Crippen LogP contribution in [0.1, 0.15) is 49.0 Å². The van der Waals surface area contributed by atoms with Gasteiger partial charge in [0.05, 0.1) is 5.52 Å². The van der Waals surface area contributed by atoms with Gasteiger partial charge in [0.1, 0.15) is 0 Å². The molecule has 1 atom stereocenters. The lowest BCUT2D eigenvalue weighted by atomic mass is 9.84. The fraction of sp³-hybridized carbons (Fsp3) is 0.609. The number of nitrogens with zero attached hydrogens (tertiary/aromatic N) is 3. The van der Waals surface area contributed by atoms with E-state index in [1.165, 1.54) is 25.7 Å². The van der Waals surface area contributed by atoms with Gasteiger partial charge in [0.25, 0.3) is 5.91 Å². The molecule has 1 aromatic carbocycles. The summed E-state index contributed by atoms with van der Waals surface area (Å²) in [7, 11) is 0. The molecule has 4 heterocycles. The van der Waals surface area contributed by atoms with E-state index in [0.29, 0.717) is 17.5 Å². The van der Waals surface area contributed by atoms with Crippen LogP contribution in [-0.4, -0.2) is 52.2 Å². The van der Waals surface area contributed by atoms with Crippen molar-refractivity contribution in [2.75, 3.05) is 25.0 Å². The number of hydrogen-bond acceptors (Lipinski definition) is 4. The van der Waals surface area contributed by atoms with Gasteiger partial charge in [-0.3, -0.25) is 14.3 Å². The molecule has 7 heteroatoms. The van der Waals surface area contributed by atoms with Crippen LogP contribution in [0.15, 0.2) is 18.2 Å². The Kier molecular flexibility index (Phi) is 4.33. The van der Waals surface area contributed by atoms with Crippen LogP contribution in [-0.2, 0) is 11.3 Å². The maximum absolute atomic E-state index is 13.2. The summed E-state index contributed by atoms with van der Waals surface area (Å²) in [6.07, 6.45) is 6.76. The van der Waals surface area contributed by atoms with Crippen molar-refractivity contribution in [3.63, 3.8) is 0 Å². The molecule has 3 aliphatic heterocycles. The number of carbonyl (C=O) groups excluding carboxylic acids is 2. The molecule has 7 nitrogen and oxygen atoms in total. The van der Waals surface area contributed by atoms with Crippen LogP contribution in [0.5, 0.6) is 0 Å². The molecule has 2 aromatic rings. The summed E-state index contributed by atoms with van der Waals surface area (Å²) in [5.74, 6) is 1.43. The van der Waals surface area contributed by atoms with Gasteiger partial charge < -0.3 is 15.5 Å². The third-order valence-corrected chi connectivity index (χ3v) is 7.28. The highest BCUT2D eigenvalue weighted by atomic mass is 16.2. The third kappa shape index (κ3) is 3.49. The minimum Gasteiger partial charge on any atom is -0.346 e. The minimum absolute atomic E-state index is 0.0666. The Morgan fingerprint density at radius 3 is 2.53 bits per heavy atom. The van der Waals surface area contributed by atoms with Crippen LogP contribution < -0.4 is 10.6 Å². The van der Waals surface area contributed by atoms with Gasteiger partial charge in [-0.1, -0.05) is 0 Å². The molecule has 2 amide bonds. The van der Waals surface area contributed by atoms with Crippen molar-refractivity contribution in [2.45, 2.75) is 51.1 Å². The van der Waals surface area contributed by atoms with E-state index >= 15 is 0 Å². The predicted octanol–water partition coefficient (Wildman–Crippen LogP) is 2.62. The van der Waals surface area contributed by atoms with E-state index in [1.807, 2.05) is 22.9 Å². The Morgan fingerprint density at radius 1 is 1.07 bits per heavy atom. The van der Waals surface area contributed by atoms with Crippen molar-refractivity contribution in [1.82, 2.24) is 20.0 Å². The average molecular weight is 408 g/mol. The van der Waals surface area contributed by atoms with E-state index in [2.05, 4.69) is 15.5 Å². The van der Waals surface area contributed by atoms with Crippen molar-refractivity contribution in [1.29, 1.82) is 0 Å². The normalized spacial score (nSPS) is 27.9. The molecular formula is C23H29N5O2. The van der Waals surface area contributed by atoms with Crippen molar-refractivity contribution in [3.05, 3.63) is 23.9 Å². The average Bonchev–Trinajstić information content (AvgIpc) is 3.67. The summed E-state index contributed by atoms with van der Waals surface area (Å²) in [5, 5.41) is 11.9. The Balaban J connectivity index is 1.28. The number of amides is 2. The predicted molar refractivity (Wildman–Crippen MR) is 114 cm³/mol. The number of hydrogen-bond donors (Lipinski definition) is 2. The van der Waals surface area contributed by atoms with E-state index in [1.54, 1.807) is 0 Å². The van der Waals surface area contributed by atoms with Crippen LogP contribution in [0.2, 0.25) is 0 Å². The molecule has 158 valence electrons. The fourth-order valence-corrected chi connectivity index (χ4v) is 5.06. The molecule has 3 saturated heterocycles. The fourth-order valence-electron chi connectivity index (χ4n) is 5.06. The van der Waals surface area contributed by atoms with E-state index in [9.17, 15) is 9.59 Å². The molecule has 2 saturated carbocycles. The van der Waals surface area contributed by atoms with Crippen LogP contribution >= 0.6 is 0 Å². The van der Waals surface area contributed by atoms with Crippen molar-refractivity contribution < 1.29 is 9.59 Å². The molecule has 2 N–H and O–H groups in total. The zero-order valence-corrected chi connectivity index (χ0v) is 17.3. The number of anilines is 1. The highest BCUT2D eigenvalue weighted by molar-refractivity contribution is 6.06. The second kappa shape index (κ2) is 7.08. The number of piperidine rings is 3. The molecule has 1 aromatic heterocycles. The molecule has 2 bridgehead atoms. The van der Waals surface area contributed by atoms with Crippen LogP contribution in [0, 0.1) is 17.8 Å². The first-order valence-corrected chi connectivity index (χ1v) is 11.5. The Bertz CT molecular complexity index is 998. The SMILES string of the molecule is O=C(N[C@@H]1CN2CCC1CC2)c1nn(CC2CC2)c2cc(NC(=O)C3CC3)ccc12. The summed E-state index contributed by atoms with van der Waals surface area (Å²) in [5.41, 5.74) is 2.25. The molecule has 0 radical (unpaired) electrons. The highest BCUT2D eigenvalue weighted by Crippen LogP contribution is 2.34. The van der Waals surface area contributed by atoms with Gasteiger partial charge >= 0.3 is 0 Å². The van der Waals surface area contributed by atoms with Gasteiger partial charge in [-0.05, 0) is 81.6 Å². The van der Waals surface area contributed by atoms with Crippen molar-refractivity contribution in [2.24, 2.45) is 17.8 Å². The smallest absolute Gasteiger partial charge is 0.272 e. The van der Waals surface area contributed by atoms with Gasteiger partial charge in [-0.15, -0.1) is 0 Å². The van der Waals surface area contributed by atoms with Gasteiger partial charge in [0.15, 0.2) is 5.69 Å². The lowest BCUT2D eigenvalue weighted by molar-refractivity contribution is -0.117. The van der Waals surface area contributed by atoms with Crippen LogP contribution in [0.3, 0.4) is 0 Å². The zero-order valence-electron chi connectivity index (χ0n) is 17.3. The van der Waals surface area contributed by atoms with E-state index in [0.717, 1.165) is 55.6 Å². The van der Waals surface area contributed by atoms with E-state index < -0.39 is 0 Å². The monoisotopic (exact) mass is 407 g/mol. The van der Waals surface area contributed by atoms with Gasteiger partial charge in [-0.25, -0.2) is 0 Å². The zero-order chi connectivity index (χ0) is 20.2. The Hall–Kier alpha value is -2.41. The molecule has 7 rings (SSSR count). The first-order chi connectivity index (χ1) is 14.6. The molecule has 5 fully saturated rings. The molecule has 30 heavy (non-hydrogen) atoms. The Morgan fingerprint density at radius 2 is 1.87 bits per heavy atom. The molecule has 0 unspecified atom stereocenters. The number of fused-ring (bicyclic) bond motifs is 4. The van der Waals surface area contributed by atoms with E-state index in [4.69, 9.17) is 5.10 Å². The summed E-state index contributed by atoms with van der Waals surface area (Å²) < 4.78 is 1.98. The molecule has 2 aliphatic carbocycles. The highest BCUT2D eigenvalue weighted by Gasteiger charge is 2.36. The van der Waals surface area contributed by atoms with Gasteiger partial charge in [0.2, 0.25) is 5.91 Å². The number of benzene rings is 1. The minimum atomic E-state index is -0.0666. The molecule has 0 spiro atoms. The topological polar surface area (TPSA) is 79.3 Å². The van der Waals surface area contributed by atoms with Crippen LogP contribution in [0.25, 0.3) is 10.9 Å². The number of nitrogens with one attached hydrogen (secondary N) is 2. The Labute approximate surface area is 176 Å². The number of rotatable bonds is 6. The lowest BCUT2D eigenvalue weighted by Crippen LogP contribution is -2.57. The lowest BCUT2D eigenvalue weighted by Gasteiger charge is -2.44. The first-order valence-electron chi connectivity index (χ1n) is 11.5. The van der Waals surface area contributed by atoms with E-state index in [-0.39, 0.29) is 23.8 Å². The second-order valence-corrected chi connectivity index (χ2v) is 9.69. The summed E-state index contributed by atoms with van der Waals surface area (Å²) in [4.78, 5) is 27.8. The van der Waals surface area contributed by atoms with Gasteiger partial charge in [-0.2, -0.15) is 5.10 Å². The molecule has 5 aliphatic rings. The third-order valence-electron chi connectivity index (χ3n) is 7.28. The first kappa shape index (κ1) is 18.4. The standard InChI is InChI=1S/C23H29N5O2/c29-22(16-3-4-16)24-17-5-6-18-20(11-17)28(12-14-1-2-14)26-21(18)23(30)25-19-13-27-9-7-15(19)8-10-27/h5-6,11,14-16,19H,1-4,7-10,12-13H2,(H,24,29)(H,25,30)/t19-/m1/s1. The quantitative estimate of drug-likeness (QED) is 0.772. The second-order valence-electron chi connectivity index (χ2n) is 9.69. The summed E-state index contributed by atoms with van der Waals surface area (Å²) in [6, 6.07) is 6.05. The van der Waals surface area contributed by atoms with Crippen LogP contribution in [0.4, 0.5) is 5.69 Å². The summed E-state index contributed by atoms with van der Waals surface area (Å²) in [6.45, 7) is 4.11. The maximum atomic E-state index is 13.2. The largest absolute Gasteiger partial charge is 0.346 e. The molecular weight excluding hydrogens is 378 g/mol. The van der Waals surface area contributed by atoms with Crippen molar-refractivity contribution >= 4 is 28.4 Å². The summed E-state index contributed by atoms with van der Waals surface area (Å²) >= 11 is 0. The van der Waals surface area contributed by atoms with Gasteiger partial charge in [0, 0.05) is 36.1 Å². The van der Waals surface area contributed by atoms with Crippen molar-refractivity contribution in [3.8, 4) is 0 Å².